The number of hydrogen-bond acceptors (Lipinski definition) is 6. The zero-order valence-electron chi connectivity index (χ0n) is 36.4. The highest BCUT2D eigenvalue weighted by molar-refractivity contribution is 5.71. The van der Waals surface area contributed by atoms with E-state index in [0.717, 1.165) is 89.9 Å². The molecule has 0 aliphatic heterocycles. The quantitative estimate of drug-likeness (QED) is 0.0267. The molecule has 0 radical (unpaired) electrons. The molecule has 6 heteroatoms. The van der Waals surface area contributed by atoms with Gasteiger partial charge in [-0.1, -0.05) is 203 Å². The highest BCUT2D eigenvalue weighted by atomic mass is 16.6. The molecule has 0 heterocycles. The van der Waals surface area contributed by atoms with Crippen LogP contribution in [0.5, 0.6) is 0 Å². The topological polar surface area (TPSA) is 78.9 Å². The van der Waals surface area contributed by atoms with Crippen molar-refractivity contribution in [2.75, 3.05) is 13.2 Å². The Kier molecular flexibility index (Phi) is 42.1. The molecule has 0 rings (SSSR count). The first-order valence-electron chi connectivity index (χ1n) is 22.9. The molecule has 6 nitrogen and oxygen atoms in total. The predicted octanol–water partition coefficient (Wildman–Crippen LogP) is 14.7. The molecule has 0 fully saturated rings. The van der Waals surface area contributed by atoms with Crippen molar-refractivity contribution in [1.29, 1.82) is 0 Å². The van der Waals surface area contributed by atoms with E-state index in [0.29, 0.717) is 19.3 Å². The third kappa shape index (κ3) is 42.0. The van der Waals surface area contributed by atoms with E-state index < -0.39 is 6.10 Å². The minimum absolute atomic E-state index is 0.0985. The summed E-state index contributed by atoms with van der Waals surface area (Å²) < 4.78 is 16.5. The van der Waals surface area contributed by atoms with Gasteiger partial charge in [0, 0.05) is 19.3 Å². The molecule has 0 spiro atoms. The van der Waals surface area contributed by atoms with Crippen molar-refractivity contribution in [3.05, 3.63) is 72.9 Å². The summed E-state index contributed by atoms with van der Waals surface area (Å²) in [5, 5.41) is 0. The molecule has 0 aromatic heterocycles. The van der Waals surface area contributed by atoms with Crippen LogP contribution in [0.25, 0.3) is 0 Å². The zero-order valence-corrected chi connectivity index (χ0v) is 36.4. The smallest absolute Gasteiger partial charge is 0.306 e. The van der Waals surface area contributed by atoms with Gasteiger partial charge in [0.25, 0.3) is 0 Å². The van der Waals surface area contributed by atoms with E-state index in [1.807, 2.05) is 12.2 Å². The van der Waals surface area contributed by atoms with Crippen molar-refractivity contribution >= 4 is 17.9 Å². The van der Waals surface area contributed by atoms with E-state index in [4.69, 9.17) is 14.2 Å². The van der Waals surface area contributed by atoms with Crippen molar-refractivity contribution in [1.82, 2.24) is 0 Å². The molecular formula is C50H84O6. The summed E-state index contributed by atoms with van der Waals surface area (Å²) in [6.07, 6.45) is 55.0. The van der Waals surface area contributed by atoms with Crippen molar-refractivity contribution in [2.45, 2.75) is 213 Å². The normalized spacial score (nSPS) is 12.7. The number of ether oxygens (including phenoxy) is 3. The van der Waals surface area contributed by atoms with Gasteiger partial charge in [-0.3, -0.25) is 14.4 Å². The Bertz CT molecular complexity index is 1080. The maximum atomic E-state index is 12.7. The average molecular weight is 781 g/mol. The van der Waals surface area contributed by atoms with Gasteiger partial charge in [0.2, 0.25) is 0 Å². The zero-order chi connectivity index (χ0) is 40.8. The molecule has 320 valence electrons. The molecule has 0 bridgehead atoms. The molecular weight excluding hydrogens is 697 g/mol. The average Bonchev–Trinajstić information content (AvgIpc) is 3.19. The van der Waals surface area contributed by atoms with Crippen LogP contribution in [0.4, 0.5) is 0 Å². The summed E-state index contributed by atoms with van der Waals surface area (Å²) in [7, 11) is 0. The van der Waals surface area contributed by atoms with Crippen molar-refractivity contribution in [3.8, 4) is 0 Å². The lowest BCUT2D eigenvalue weighted by Crippen LogP contribution is -2.30. The van der Waals surface area contributed by atoms with Crippen molar-refractivity contribution in [2.24, 2.45) is 0 Å². The van der Waals surface area contributed by atoms with Gasteiger partial charge >= 0.3 is 17.9 Å². The van der Waals surface area contributed by atoms with Crippen LogP contribution in [0, 0.1) is 0 Å². The largest absolute Gasteiger partial charge is 0.462 e. The fourth-order valence-corrected chi connectivity index (χ4v) is 6.05. The first kappa shape index (κ1) is 52.9. The van der Waals surface area contributed by atoms with Gasteiger partial charge in [-0.25, -0.2) is 0 Å². The highest BCUT2D eigenvalue weighted by Crippen LogP contribution is 2.14. The number of unbranched alkanes of at least 4 members (excludes halogenated alkanes) is 17. The second kappa shape index (κ2) is 44.6. The van der Waals surface area contributed by atoms with Crippen molar-refractivity contribution in [3.63, 3.8) is 0 Å². The Morgan fingerprint density at radius 1 is 0.375 bits per heavy atom. The molecule has 0 saturated carbocycles. The lowest BCUT2D eigenvalue weighted by atomic mass is 10.0. The first-order chi connectivity index (χ1) is 27.5. The maximum absolute atomic E-state index is 12.7. The lowest BCUT2D eigenvalue weighted by molar-refractivity contribution is -0.166. The van der Waals surface area contributed by atoms with Crippen LogP contribution in [0.2, 0.25) is 0 Å². The molecule has 0 aromatic carbocycles. The molecule has 0 N–H and O–H groups in total. The van der Waals surface area contributed by atoms with Gasteiger partial charge in [0.1, 0.15) is 13.2 Å². The van der Waals surface area contributed by atoms with Gasteiger partial charge in [-0.15, -0.1) is 0 Å². The van der Waals surface area contributed by atoms with Gasteiger partial charge < -0.3 is 14.2 Å². The summed E-state index contributed by atoms with van der Waals surface area (Å²) >= 11 is 0. The van der Waals surface area contributed by atoms with E-state index in [2.05, 4.69) is 81.5 Å². The minimum atomic E-state index is -0.798. The monoisotopic (exact) mass is 781 g/mol. The summed E-state index contributed by atoms with van der Waals surface area (Å²) in [6.45, 7) is 6.36. The predicted molar refractivity (Wildman–Crippen MR) is 238 cm³/mol. The van der Waals surface area contributed by atoms with Crippen LogP contribution >= 0.6 is 0 Å². The van der Waals surface area contributed by atoms with Gasteiger partial charge in [-0.2, -0.15) is 0 Å². The second-order valence-electron chi connectivity index (χ2n) is 14.9. The standard InChI is InChI=1S/C50H84O6/c1-4-7-10-13-15-17-19-21-23-24-25-26-27-29-30-32-34-37-40-43-49(52)55-46-47(45-54-48(51)42-39-36-12-9-6-3)56-50(53)44-41-38-35-33-31-28-22-20-18-16-14-11-8-5-2/h7,10,15,17,21,23,25-26,29-30,34,37,47H,4-6,8-9,11-14,16,18-20,22,24,27-28,31-33,35-36,38-46H2,1-3H3/b10-7-,17-15-,23-21-,26-25-,30-29-,37-34-. The van der Waals surface area contributed by atoms with E-state index in [1.54, 1.807) is 0 Å². The molecule has 0 aromatic rings. The van der Waals surface area contributed by atoms with Gasteiger partial charge in [-0.05, 0) is 57.8 Å². The van der Waals surface area contributed by atoms with Crippen LogP contribution < -0.4 is 0 Å². The molecule has 1 unspecified atom stereocenters. The fraction of sp³-hybridized carbons (Fsp3) is 0.700. The van der Waals surface area contributed by atoms with E-state index in [9.17, 15) is 14.4 Å². The number of allylic oxidation sites excluding steroid dienone is 12. The summed E-state index contributed by atoms with van der Waals surface area (Å²) in [4.78, 5) is 37.5. The Labute approximate surface area is 344 Å². The van der Waals surface area contributed by atoms with Crippen LogP contribution in [0.15, 0.2) is 72.9 Å². The van der Waals surface area contributed by atoms with Gasteiger partial charge in [0.15, 0.2) is 6.10 Å². The molecule has 1 atom stereocenters. The number of carbonyl (C=O) groups is 3. The molecule has 0 amide bonds. The number of hydrogen-bond donors (Lipinski definition) is 0. The summed E-state index contributed by atoms with van der Waals surface area (Å²) in [6, 6.07) is 0. The highest BCUT2D eigenvalue weighted by Gasteiger charge is 2.19. The first-order valence-corrected chi connectivity index (χ1v) is 22.9. The molecule has 0 aliphatic carbocycles. The van der Waals surface area contributed by atoms with Gasteiger partial charge in [0.05, 0.1) is 0 Å². The lowest BCUT2D eigenvalue weighted by Gasteiger charge is -2.18. The van der Waals surface area contributed by atoms with E-state index in [1.165, 1.54) is 70.6 Å². The number of carbonyl (C=O) groups excluding carboxylic acids is 3. The maximum Gasteiger partial charge on any atom is 0.306 e. The molecule has 0 saturated heterocycles. The van der Waals surface area contributed by atoms with Crippen molar-refractivity contribution < 1.29 is 28.6 Å². The summed E-state index contributed by atoms with van der Waals surface area (Å²) in [5.74, 6) is -1.00. The Morgan fingerprint density at radius 3 is 1.09 bits per heavy atom. The molecule has 56 heavy (non-hydrogen) atoms. The minimum Gasteiger partial charge on any atom is -0.462 e. The van der Waals surface area contributed by atoms with E-state index in [-0.39, 0.29) is 37.5 Å². The van der Waals surface area contributed by atoms with Crippen LogP contribution in [-0.4, -0.2) is 37.2 Å². The Hall–Kier alpha value is -3.15. The third-order valence-electron chi connectivity index (χ3n) is 9.49. The van der Waals surface area contributed by atoms with Crippen LogP contribution in [-0.2, 0) is 28.6 Å². The Morgan fingerprint density at radius 2 is 0.696 bits per heavy atom. The summed E-state index contributed by atoms with van der Waals surface area (Å²) in [5.41, 5.74) is 0. The van der Waals surface area contributed by atoms with Crippen LogP contribution in [0.1, 0.15) is 207 Å². The number of rotatable bonds is 40. The third-order valence-corrected chi connectivity index (χ3v) is 9.49. The van der Waals surface area contributed by atoms with E-state index >= 15 is 0 Å². The Balaban J connectivity index is 4.34. The SMILES string of the molecule is CC/C=C\C/C=C\C/C=C\C/C=C\C/C=C\C/C=C\CCC(=O)OCC(COC(=O)CCCCCCC)OC(=O)CCCCCCCCCCCCCCCC. The van der Waals surface area contributed by atoms with Crippen LogP contribution in [0.3, 0.4) is 0 Å². The fourth-order valence-electron chi connectivity index (χ4n) is 6.05. The number of esters is 3. The molecule has 0 aliphatic rings. The second-order valence-corrected chi connectivity index (χ2v) is 14.9.